The van der Waals surface area contributed by atoms with Gasteiger partial charge in [0.05, 0.1) is 12.6 Å². The van der Waals surface area contributed by atoms with Crippen molar-refractivity contribution in [1.29, 1.82) is 0 Å². The molecule has 0 saturated carbocycles. The number of amides is 1. The number of carbonyl (C=O) groups is 1. The summed E-state index contributed by atoms with van der Waals surface area (Å²) in [5, 5.41) is 8.96. The molecular weight excluding hydrogens is 386 g/mol. The van der Waals surface area contributed by atoms with Crippen LogP contribution >= 0.6 is 11.3 Å². The highest BCUT2D eigenvalue weighted by Crippen LogP contribution is 2.22. The number of benzene rings is 1. The summed E-state index contributed by atoms with van der Waals surface area (Å²) in [6, 6.07) is 13.9. The molecule has 29 heavy (non-hydrogen) atoms. The molecule has 4 rings (SSSR count). The third-order valence-electron chi connectivity index (χ3n) is 4.93. The van der Waals surface area contributed by atoms with Crippen LogP contribution in [-0.2, 0) is 16.1 Å². The molecule has 0 spiro atoms. The molecule has 1 aliphatic heterocycles. The average Bonchev–Trinajstić information content (AvgIpc) is 3.45. The largest absolute Gasteiger partial charge is 0.377 e. The van der Waals surface area contributed by atoms with Crippen molar-refractivity contribution in [2.75, 3.05) is 25.0 Å². The van der Waals surface area contributed by atoms with Crippen LogP contribution in [-0.4, -0.2) is 41.8 Å². The molecule has 1 amide bonds. The zero-order valence-electron chi connectivity index (χ0n) is 16.5. The molecule has 1 fully saturated rings. The van der Waals surface area contributed by atoms with Gasteiger partial charge in [0.2, 0.25) is 11.8 Å². The first kappa shape index (κ1) is 19.8. The molecule has 1 aliphatic rings. The molecule has 6 nitrogen and oxygen atoms in total. The van der Waals surface area contributed by atoms with Crippen molar-refractivity contribution in [1.82, 2.24) is 10.1 Å². The van der Waals surface area contributed by atoms with E-state index in [9.17, 15) is 4.79 Å². The van der Waals surface area contributed by atoms with Gasteiger partial charge in [-0.15, -0.1) is 11.3 Å². The van der Waals surface area contributed by atoms with Crippen LogP contribution in [0.2, 0.25) is 0 Å². The Balaban J connectivity index is 1.37. The summed E-state index contributed by atoms with van der Waals surface area (Å²) >= 11 is 1.70. The molecule has 152 valence electrons. The number of rotatable bonds is 8. The fourth-order valence-corrected chi connectivity index (χ4v) is 4.20. The number of hydrogen-bond donors (Lipinski definition) is 1. The summed E-state index contributed by atoms with van der Waals surface area (Å²) in [5.41, 5.74) is 2.84. The highest BCUT2D eigenvalue weighted by molar-refractivity contribution is 7.09. The monoisotopic (exact) mass is 411 g/mol. The van der Waals surface area contributed by atoms with Gasteiger partial charge in [0.1, 0.15) is 5.69 Å². The standard InChI is InChI=1S/C22H25N3O3S/c1-16-6-8-17(9-7-16)20-12-22(28-24-20)23-21(26)15-25(13-18-4-2-10-27-18)14-19-5-3-11-29-19/h3,5-9,11-12,18H,2,4,10,13-15H2,1H3,(H,23,26). The number of anilines is 1. The van der Waals surface area contributed by atoms with Crippen molar-refractivity contribution in [2.24, 2.45) is 0 Å². The molecule has 1 saturated heterocycles. The summed E-state index contributed by atoms with van der Waals surface area (Å²) in [7, 11) is 0. The second-order valence-electron chi connectivity index (χ2n) is 7.37. The Labute approximate surface area is 174 Å². The average molecular weight is 412 g/mol. The van der Waals surface area contributed by atoms with Gasteiger partial charge in [0.25, 0.3) is 0 Å². The molecule has 7 heteroatoms. The van der Waals surface area contributed by atoms with E-state index in [1.54, 1.807) is 17.4 Å². The third kappa shape index (κ3) is 5.53. The number of nitrogens with zero attached hydrogens (tertiary/aromatic N) is 2. The first-order valence-electron chi connectivity index (χ1n) is 9.85. The predicted octanol–water partition coefficient (Wildman–Crippen LogP) is 4.33. The summed E-state index contributed by atoms with van der Waals surface area (Å²) in [6.07, 6.45) is 2.33. The second-order valence-corrected chi connectivity index (χ2v) is 8.41. The highest BCUT2D eigenvalue weighted by Gasteiger charge is 2.22. The molecule has 0 radical (unpaired) electrons. The minimum absolute atomic E-state index is 0.119. The number of thiophene rings is 1. The van der Waals surface area contributed by atoms with Gasteiger partial charge < -0.3 is 9.26 Å². The van der Waals surface area contributed by atoms with Crippen LogP contribution in [0, 0.1) is 6.92 Å². The van der Waals surface area contributed by atoms with E-state index in [1.807, 2.05) is 37.3 Å². The quantitative estimate of drug-likeness (QED) is 0.598. The van der Waals surface area contributed by atoms with Gasteiger partial charge in [-0.3, -0.25) is 15.0 Å². The molecule has 3 aromatic rings. The van der Waals surface area contributed by atoms with E-state index in [0.29, 0.717) is 11.6 Å². The van der Waals surface area contributed by atoms with E-state index < -0.39 is 0 Å². The summed E-state index contributed by atoms with van der Waals surface area (Å²) in [6.45, 7) is 4.60. The number of hydrogen-bond acceptors (Lipinski definition) is 6. The Morgan fingerprint density at radius 3 is 2.90 bits per heavy atom. The Morgan fingerprint density at radius 1 is 1.31 bits per heavy atom. The lowest BCUT2D eigenvalue weighted by molar-refractivity contribution is -0.117. The van der Waals surface area contributed by atoms with Gasteiger partial charge in [0, 0.05) is 36.2 Å². The normalized spacial score (nSPS) is 16.4. The lowest BCUT2D eigenvalue weighted by Gasteiger charge is -2.23. The Hall–Kier alpha value is -2.48. The fourth-order valence-electron chi connectivity index (χ4n) is 3.46. The zero-order valence-corrected chi connectivity index (χ0v) is 17.3. The molecule has 0 bridgehead atoms. The van der Waals surface area contributed by atoms with Gasteiger partial charge in [-0.1, -0.05) is 41.1 Å². The number of aromatic nitrogens is 1. The van der Waals surface area contributed by atoms with Crippen LogP contribution in [0.25, 0.3) is 11.3 Å². The van der Waals surface area contributed by atoms with Crippen LogP contribution in [0.3, 0.4) is 0 Å². The van der Waals surface area contributed by atoms with Crippen LogP contribution in [0.1, 0.15) is 23.3 Å². The maximum absolute atomic E-state index is 12.6. The zero-order chi connectivity index (χ0) is 20.1. The molecule has 1 aromatic carbocycles. The van der Waals surface area contributed by atoms with Crippen LogP contribution in [0.5, 0.6) is 0 Å². The number of nitrogens with one attached hydrogen (secondary N) is 1. The molecule has 1 N–H and O–H groups in total. The summed E-state index contributed by atoms with van der Waals surface area (Å²) in [4.78, 5) is 16.0. The van der Waals surface area contributed by atoms with E-state index in [0.717, 1.165) is 38.1 Å². The van der Waals surface area contributed by atoms with E-state index in [4.69, 9.17) is 9.26 Å². The van der Waals surface area contributed by atoms with Crippen molar-refractivity contribution >= 4 is 23.1 Å². The van der Waals surface area contributed by atoms with Crippen LogP contribution in [0.4, 0.5) is 5.88 Å². The minimum atomic E-state index is -0.119. The topological polar surface area (TPSA) is 67.6 Å². The number of aryl methyl sites for hydroxylation is 1. The third-order valence-corrected chi connectivity index (χ3v) is 5.79. The summed E-state index contributed by atoms with van der Waals surface area (Å²) in [5.74, 6) is 0.241. The lowest BCUT2D eigenvalue weighted by atomic mass is 10.1. The predicted molar refractivity (Wildman–Crippen MR) is 114 cm³/mol. The Morgan fingerprint density at radius 2 is 2.17 bits per heavy atom. The van der Waals surface area contributed by atoms with Gasteiger partial charge in [-0.25, -0.2) is 0 Å². The SMILES string of the molecule is Cc1ccc(-c2cc(NC(=O)CN(Cc3cccs3)CC3CCCO3)on2)cc1. The Kier molecular flexibility index (Phi) is 6.39. The second kappa shape index (κ2) is 9.35. The van der Waals surface area contributed by atoms with Gasteiger partial charge in [-0.05, 0) is 31.2 Å². The summed E-state index contributed by atoms with van der Waals surface area (Å²) < 4.78 is 11.1. The van der Waals surface area contributed by atoms with E-state index in [-0.39, 0.29) is 18.6 Å². The van der Waals surface area contributed by atoms with E-state index in [1.165, 1.54) is 10.4 Å². The maximum Gasteiger partial charge on any atom is 0.240 e. The molecule has 1 atom stereocenters. The Bertz CT molecular complexity index is 915. The highest BCUT2D eigenvalue weighted by atomic mass is 32.1. The van der Waals surface area contributed by atoms with Crippen molar-refractivity contribution in [3.8, 4) is 11.3 Å². The molecule has 3 heterocycles. The smallest absolute Gasteiger partial charge is 0.240 e. The first-order chi connectivity index (χ1) is 14.2. The molecule has 2 aromatic heterocycles. The number of carbonyl (C=O) groups excluding carboxylic acids is 1. The molecule has 1 unspecified atom stereocenters. The molecule has 0 aliphatic carbocycles. The minimum Gasteiger partial charge on any atom is -0.377 e. The van der Waals surface area contributed by atoms with Crippen molar-refractivity contribution < 1.29 is 14.1 Å². The van der Waals surface area contributed by atoms with Gasteiger partial charge in [-0.2, -0.15) is 0 Å². The van der Waals surface area contributed by atoms with Gasteiger partial charge in [0.15, 0.2) is 0 Å². The van der Waals surface area contributed by atoms with Crippen molar-refractivity contribution in [3.63, 3.8) is 0 Å². The fraction of sp³-hybridized carbons (Fsp3) is 0.364. The maximum atomic E-state index is 12.6. The molecular formula is C22H25N3O3S. The first-order valence-corrected chi connectivity index (χ1v) is 10.7. The number of ether oxygens (including phenoxy) is 1. The lowest BCUT2D eigenvalue weighted by Crippen LogP contribution is -2.37. The van der Waals surface area contributed by atoms with E-state index in [2.05, 4.69) is 26.8 Å². The van der Waals surface area contributed by atoms with Crippen LogP contribution < -0.4 is 5.32 Å². The van der Waals surface area contributed by atoms with Crippen molar-refractivity contribution in [3.05, 3.63) is 58.3 Å². The van der Waals surface area contributed by atoms with E-state index >= 15 is 0 Å². The van der Waals surface area contributed by atoms with Crippen LogP contribution in [0.15, 0.2) is 52.4 Å². The van der Waals surface area contributed by atoms with Crippen molar-refractivity contribution in [2.45, 2.75) is 32.4 Å². The van der Waals surface area contributed by atoms with Gasteiger partial charge >= 0.3 is 0 Å².